The van der Waals surface area contributed by atoms with Gasteiger partial charge in [0, 0.05) is 5.92 Å². The van der Waals surface area contributed by atoms with Crippen molar-refractivity contribution in [2.75, 3.05) is 14.2 Å². The average molecular weight is 264 g/mol. The van der Waals surface area contributed by atoms with E-state index in [1.54, 1.807) is 7.11 Å². The smallest absolute Gasteiger partial charge is 0.305 e. The molecule has 0 unspecified atom stereocenters. The summed E-state index contributed by atoms with van der Waals surface area (Å²) in [6.45, 7) is 0. The molecule has 1 aromatic carbocycles. The summed E-state index contributed by atoms with van der Waals surface area (Å²) in [5.41, 5.74) is -0.0832. The molecule has 4 heteroatoms. The molecule has 0 bridgehead atoms. The van der Waals surface area contributed by atoms with Gasteiger partial charge in [-0.25, -0.2) is 0 Å². The molecule has 2 atom stereocenters. The molecule has 4 nitrogen and oxygen atoms in total. The highest BCUT2D eigenvalue weighted by Gasteiger charge is 2.43. The Morgan fingerprint density at radius 2 is 2.05 bits per heavy atom. The molecule has 19 heavy (non-hydrogen) atoms. The summed E-state index contributed by atoms with van der Waals surface area (Å²) < 4.78 is 9.83. The third-order valence-electron chi connectivity index (χ3n) is 4.02. The van der Waals surface area contributed by atoms with Crippen LogP contribution in [0.1, 0.15) is 31.2 Å². The number of benzene rings is 1. The van der Waals surface area contributed by atoms with Gasteiger partial charge in [-0.2, -0.15) is 0 Å². The van der Waals surface area contributed by atoms with Crippen LogP contribution in [0, 0.1) is 5.92 Å². The molecular weight excluding hydrogens is 244 g/mol. The van der Waals surface area contributed by atoms with Crippen molar-refractivity contribution in [2.45, 2.75) is 31.3 Å². The van der Waals surface area contributed by atoms with Gasteiger partial charge >= 0.3 is 5.97 Å². The van der Waals surface area contributed by atoms with Crippen LogP contribution in [0.2, 0.25) is 0 Å². The Labute approximate surface area is 113 Å². The van der Waals surface area contributed by atoms with Crippen molar-refractivity contribution in [3.63, 3.8) is 0 Å². The van der Waals surface area contributed by atoms with Crippen LogP contribution in [0.3, 0.4) is 0 Å². The Balaban J connectivity index is 2.20. The summed E-state index contributed by atoms with van der Waals surface area (Å²) in [6.07, 6.45) is 2.71. The van der Waals surface area contributed by atoms with Gasteiger partial charge in [-0.3, -0.25) is 4.79 Å². The zero-order valence-corrected chi connectivity index (χ0v) is 11.4. The molecule has 1 saturated carbocycles. The summed E-state index contributed by atoms with van der Waals surface area (Å²) in [6, 6.07) is 7.41. The number of ether oxygens (including phenoxy) is 2. The summed E-state index contributed by atoms with van der Waals surface area (Å²) in [5, 5.41) is 10.9. The molecule has 0 radical (unpaired) electrons. The predicted molar refractivity (Wildman–Crippen MR) is 70.9 cm³/mol. The third kappa shape index (κ3) is 2.73. The summed E-state index contributed by atoms with van der Waals surface area (Å²) in [7, 11) is 2.99. The monoisotopic (exact) mass is 264 g/mol. The van der Waals surface area contributed by atoms with E-state index in [0.29, 0.717) is 6.42 Å². The van der Waals surface area contributed by atoms with Gasteiger partial charge in [0.1, 0.15) is 5.75 Å². The number of carbonyl (C=O) groups is 1. The zero-order valence-electron chi connectivity index (χ0n) is 11.4. The van der Waals surface area contributed by atoms with E-state index in [-0.39, 0.29) is 18.3 Å². The minimum absolute atomic E-state index is 0.0756. The van der Waals surface area contributed by atoms with Gasteiger partial charge in [0.05, 0.1) is 26.2 Å². The minimum Gasteiger partial charge on any atom is -0.497 e. The van der Waals surface area contributed by atoms with Crippen LogP contribution in [0.25, 0.3) is 0 Å². The van der Waals surface area contributed by atoms with Crippen molar-refractivity contribution in [3.8, 4) is 5.75 Å². The lowest BCUT2D eigenvalue weighted by Crippen LogP contribution is -2.32. The number of hydrogen-bond acceptors (Lipinski definition) is 4. The van der Waals surface area contributed by atoms with Crippen molar-refractivity contribution in [1.29, 1.82) is 0 Å². The standard InChI is InChI=1S/C15H20O4/c1-18-13-7-5-11(6-8-13)15(17)9-3-4-12(15)10-14(16)19-2/h5-8,12,17H,3-4,9-10H2,1-2H3/t12-,15-/m0/s1. The maximum Gasteiger partial charge on any atom is 0.305 e. The lowest BCUT2D eigenvalue weighted by Gasteiger charge is -2.30. The molecule has 104 valence electrons. The number of carbonyl (C=O) groups excluding carboxylic acids is 1. The van der Waals surface area contributed by atoms with Crippen molar-refractivity contribution in [3.05, 3.63) is 29.8 Å². The number of hydrogen-bond donors (Lipinski definition) is 1. The third-order valence-corrected chi connectivity index (χ3v) is 4.02. The SMILES string of the molecule is COC(=O)C[C@@H]1CCC[C@]1(O)c1ccc(OC)cc1. The Morgan fingerprint density at radius 1 is 1.37 bits per heavy atom. The van der Waals surface area contributed by atoms with E-state index in [4.69, 9.17) is 9.47 Å². The fraction of sp³-hybridized carbons (Fsp3) is 0.533. The maximum atomic E-state index is 11.4. The minimum atomic E-state index is -0.930. The van der Waals surface area contributed by atoms with Crippen LogP contribution in [0.15, 0.2) is 24.3 Å². The first-order valence-corrected chi connectivity index (χ1v) is 6.54. The molecule has 1 aliphatic carbocycles. The molecule has 0 aliphatic heterocycles. The van der Waals surface area contributed by atoms with Gasteiger partial charge in [0.2, 0.25) is 0 Å². The van der Waals surface area contributed by atoms with E-state index in [9.17, 15) is 9.90 Å². The number of esters is 1. The second-order valence-corrected chi connectivity index (χ2v) is 5.02. The van der Waals surface area contributed by atoms with E-state index >= 15 is 0 Å². The van der Waals surface area contributed by atoms with Gasteiger partial charge in [-0.15, -0.1) is 0 Å². The number of methoxy groups -OCH3 is 2. The van der Waals surface area contributed by atoms with Gasteiger partial charge < -0.3 is 14.6 Å². The average Bonchev–Trinajstić information content (AvgIpc) is 2.81. The molecule has 0 spiro atoms. The molecule has 0 aromatic heterocycles. The normalized spacial score (nSPS) is 26.2. The van der Waals surface area contributed by atoms with Gasteiger partial charge in [0.25, 0.3) is 0 Å². The number of rotatable bonds is 4. The lowest BCUT2D eigenvalue weighted by molar-refractivity contribution is -0.144. The van der Waals surface area contributed by atoms with Crippen LogP contribution in [0.4, 0.5) is 0 Å². The summed E-state index contributed by atoms with van der Waals surface area (Å²) >= 11 is 0. The first-order valence-electron chi connectivity index (χ1n) is 6.54. The van der Waals surface area contributed by atoms with E-state index in [1.165, 1.54) is 7.11 Å². The Bertz CT molecular complexity index is 440. The second kappa shape index (κ2) is 5.61. The van der Waals surface area contributed by atoms with Gasteiger partial charge in [-0.1, -0.05) is 12.1 Å². The predicted octanol–water partition coefficient (Wildman–Crippen LogP) is 2.25. The maximum absolute atomic E-state index is 11.4. The highest BCUT2D eigenvalue weighted by atomic mass is 16.5. The van der Waals surface area contributed by atoms with Crippen LogP contribution >= 0.6 is 0 Å². The Morgan fingerprint density at radius 3 is 2.63 bits per heavy atom. The summed E-state index contributed by atoms with van der Waals surface area (Å²) in [5.74, 6) is 0.419. The first kappa shape index (κ1) is 13.9. The second-order valence-electron chi connectivity index (χ2n) is 5.02. The van der Waals surface area contributed by atoms with E-state index < -0.39 is 5.60 Å². The highest BCUT2D eigenvalue weighted by molar-refractivity contribution is 5.69. The van der Waals surface area contributed by atoms with E-state index in [2.05, 4.69) is 0 Å². The zero-order chi connectivity index (χ0) is 13.9. The quantitative estimate of drug-likeness (QED) is 0.847. The molecule has 2 rings (SSSR count). The van der Waals surface area contributed by atoms with E-state index in [0.717, 1.165) is 24.2 Å². The van der Waals surface area contributed by atoms with Crippen molar-refractivity contribution < 1.29 is 19.4 Å². The fourth-order valence-corrected chi connectivity index (χ4v) is 2.88. The Hall–Kier alpha value is -1.55. The lowest BCUT2D eigenvalue weighted by atomic mass is 9.82. The van der Waals surface area contributed by atoms with Crippen LogP contribution < -0.4 is 4.74 Å². The Kier molecular flexibility index (Phi) is 4.10. The first-order chi connectivity index (χ1) is 9.10. The molecule has 0 amide bonds. The van der Waals surface area contributed by atoms with Crippen LogP contribution in [0.5, 0.6) is 5.75 Å². The number of aliphatic hydroxyl groups is 1. The summed E-state index contributed by atoms with van der Waals surface area (Å²) in [4.78, 5) is 11.4. The highest BCUT2D eigenvalue weighted by Crippen LogP contribution is 2.45. The largest absolute Gasteiger partial charge is 0.497 e. The van der Waals surface area contributed by atoms with E-state index in [1.807, 2.05) is 24.3 Å². The molecule has 1 aliphatic rings. The molecule has 0 saturated heterocycles. The van der Waals surface area contributed by atoms with Gasteiger partial charge in [0.15, 0.2) is 0 Å². The van der Waals surface area contributed by atoms with Crippen LogP contribution in [-0.2, 0) is 15.1 Å². The van der Waals surface area contributed by atoms with Crippen molar-refractivity contribution >= 4 is 5.97 Å². The fourth-order valence-electron chi connectivity index (χ4n) is 2.88. The van der Waals surface area contributed by atoms with Crippen molar-refractivity contribution in [2.24, 2.45) is 5.92 Å². The topological polar surface area (TPSA) is 55.8 Å². The molecule has 0 heterocycles. The van der Waals surface area contributed by atoms with Crippen molar-refractivity contribution in [1.82, 2.24) is 0 Å². The molecule has 1 N–H and O–H groups in total. The van der Waals surface area contributed by atoms with Gasteiger partial charge in [-0.05, 0) is 37.0 Å². The molecular formula is C15H20O4. The van der Waals surface area contributed by atoms with Crippen LogP contribution in [-0.4, -0.2) is 25.3 Å². The molecule has 1 aromatic rings. The molecule has 1 fully saturated rings.